The first-order valence-electron chi connectivity index (χ1n) is 13.2. The fourth-order valence-electron chi connectivity index (χ4n) is 5.17. The van der Waals surface area contributed by atoms with Crippen molar-refractivity contribution in [1.82, 2.24) is 19.5 Å². The van der Waals surface area contributed by atoms with Crippen LogP contribution in [0.1, 0.15) is 52.0 Å². The molecule has 0 unspecified atom stereocenters. The molecule has 1 aliphatic rings. The second-order valence-electron chi connectivity index (χ2n) is 11.1. The van der Waals surface area contributed by atoms with Gasteiger partial charge in [-0.25, -0.2) is 15.0 Å². The van der Waals surface area contributed by atoms with Crippen molar-refractivity contribution in [2.75, 3.05) is 18.2 Å². The highest BCUT2D eigenvalue weighted by atomic mass is 16.5. The Bertz CT molecular complexity index is 1510. The van der Waals surface area contributed by atoms with E-state index in [9.17, 15) is 9.59 Å². The minimum absolute atomic E-state index is 0.0425. The molecule has 5 rings (SSSR count). The first kappa shape index (κ1) is 26.3. The van der Waals surface area contributed by atoms with E-state index < -0.39 is 0 Å². The Morgan fingerprint density at radius 1 is 1.03 bits per heavy atom. The molecule has 1 amide bonds. The van der Waals surface area contributed by atoms with E-state index in [1.165, 1.54) is 12.7 Å². The number of anilines is 2. The second-order valence-corrected chi connectivity index (χ2v) is 11.1. The Kier molecular flexibility index (Phi) is 7.08. The van der Waals surface area contributed by atoms with Gasteiger partial charge in [-0.3, -0.25) is 14.2 Å². The van der Waals surface area contributed by atoms with Crippen LogP contribution in [-0.2, 0) is 19.7 Å². The minimum atomic E-state index is -0.194. The van der Waals surface area contributed by atoms with Crippen LogP contribution in [0.5, 0.6) is 0 Å². The van der Waals surface area contributed by atoms with Crippen molar-refractivity contribution < 1.29 is 14.3 Å². The van der Waals surface area contributed by atoms with Crippen LogP contribution in [-0.4, -0.2) is 38.5 Å². The molecule has 0 aliphatic heterocycles. The van der Waals surface area contributed by atoms with Gasteiger partial charge in [0.25, 0.3) is 0 Å². The number of esters is 1. The number of imidazole rings is 1. The van der Waals surface area contributed by atoms with E-state index >= 15 is 0 Å². The topological polar surface area (TPSA) is 125 Å². The quantitative estimate of drug-likeness (QED) is 0.339. The van der Waals surface area contributed by atoms with Crippen molar-refractivity contribution in [2.45, 2.75) is 51.9 Å². The summed E-state index contributed by atoms with van der Waals surface area (Å²) >= 11 is 0. The summed E-state index contributed by atoms with van der Waals surface area (Å²) in [6, 6.07) is 13.7. The van der Waals surface area contributed by atoms with Gasteiger partial charge in [-0.1, -0.05) is 26.8 Å². The number of nitrogens with one attached hydrogen (secondary N) is 1. The summed E-state index contributed by atoms with van der Waals surface area (Å²) in [5.41, 5.74) is 10.7. The minimum Gasteiger partial charge on any atom is -0.469 e. The predicted octanol–water partition coefficient (Wildman–Crippen LogP) is 5.28. The van der Waals surface area contributed by atoms with Gasteiger partial charge in [-0.15, -0.1) is 0 Å². The molecule has 1 saturated carbocycles. The monoisotopic (exact) mass is 526 g/mol. The van der Waals surface area contributed by atoms with Gasteiger partial charge in [-0.2, -0.15) is 0 Å². The molecule has 39 heavy (non-hydrogen) atoms. The number of hydrogen-bond donors (Lipinski definition) is 2. The number of ether oxygens (including phenoxy) is 1. The van der Waals surface area contributed by atoms with Crippen LogP contribution >= 0.6 is 0 Å². The summed E-state index contributed by atoms with van der Waals surface area (Å²) in [4.78, 5) is 38.4. The van der Waals surface area contributed by atoms with E-state index in [0.717, 1.165) is 22.3 Å². The number of hydrogen-bond acceptors (Lipinski definition) is 7. The van der Waals surface area contributed by atoms with Crippen LogP contribution in [0.15, 0.2) is 54.9 Å². The molecule has 1 fully saturated rings. The maximum atomic E-state index is 12.9. The van der Waals surface area contributed by atoms with Crippen LogP contribution in [0.3, 0.4) is 0 Å². The van der Waals surface area contributed by atoms with Gasteiger partial charge in [-0.05, 0) is 73.1 Å². The van der Waals surface area contributed by atoms with Crippen molar-refractivity contribution in [1.29, 1.82) is 0 Å². The summed E-state index contributed by atoms with van der Waals surface area (Å²) in [5.74, 6) is 0.988. The number of pyridine rings is 2. The number of aromatic nitrogens is 4. The molecule has 0 atom stereocenters. The predicted molar refractivity (Wildman–Crippen MR) is 151 cm³/mol. The molecule has 3 N–H and O–H groups in total. The highest BCUT2D eigenvalue weighted by Crippen LogP contribution is 2.34. The van der Waals surface area contributed by atoms with E-state index in [2.05, 4.69) is 48.2 Å². The Balaban J connectivity index is 1.45. The summed E-state index contributed by atoms with van der Waals surface area (Å²) in [6.45, 7) is 6.53. The Hall–Kier alpha value is -4.27. The van der Waals surface area contributed by atoms with Crippen molar-refractivity contribution in [2.24, 2.45) is 11.8 Å². The van der Waals surface area contributed by atoms with Crippen molar-refractivity contribution in [3.05, 3.63) is 60.4 Å². The average Bonchev–Trinajstić information content (AvgIpc) is 3.31. The van der Waals surface area contributed by atoms with Crippen molar-refractivity contribution >= 4 is 34.5 Å². The molecular formula is C30H34N6O3. The van der Waals surface area contributed by atoms with Gasteiger partial charge < -0.3 is 15.8 Å². The van der Waals surface area contributed by atoms with Gasteiger partial charge in [0, 0.05) is 12.1 Å². The smallest absolute Gasteiger partial charge is 0.308 e. The van der Waals surface area contributed by atoms with Crippen molar-refractivity contribution in [3.8, 4) is 17.1 Å². The zero-order valence-corrected chi connectivity index (χ0v) is 22.8. The summed E-state index contributed by atoms with van der Waals surface area (Å²) in [6.07, 6.45) is 5.99. The molecule has 202 valence electrons. The van der Waals surface area contributed by atoms with E-state index in [1.807, 2.05) is 28.8 Å². The summed E-state index contributed by atoms with van der Waals surface area (Å²) in [5, 5.41) is 2.94. The lowest BCUT2D eigenvalue weighted by atomic mass is 9.81. The molecule has 9 nitrogen and oxygen atoms in total. The molecule has 9 heteroatoms. The number of methoxy groups -OCH3 is 1. The molecule has 3 aromatic heterocycles. The van der Waals surface area contributed by atoms with E-state index in [1.54, 1.807) is 18.5 Å². The highest BCUT2D eigenvalue weighted by molar-refractivity contribution is 5.92. The maximum absolute atomic E-state index is 12.9. The van der Waals surface area contributed by atoms with E-state index in [-0.39, 0.29) is 29.1 Å². The number of nitrogens with zero attached hydrogens (tertiary/aromatic N) is 4. The van der Waals surface area contributed by atoms with Gasteiger partial charge >= 0.3 is 5.97 Å². The molecule has 1 aromatic carbocycles. The normalized spacial score (nSPS) is 17.6. The molecular weight excluding hydrogens is 492 g/mol. The number of carbonyl (C=O) groups excluding carboxylic acids is 2. The molecule has 4 aromatic rings. The number of nitrogens with two attached hydrogens (primary N) is 1. The number of rotatable bonds is 5. The second kappa shape index (κ2) is 10.5. The average molecular weight is 527 g/mol. The zero-order chi connectivity index (χ0) is 27.7. The van der Waals surface area contributed by atoms with Crippen LogP contribution in [0.2, 0.25) is 0 Å². The zero-order valence-electron chi connectivity index (χ0n) is 22.8. The van der Waals surface area contributed by atoms with Crippen LogP contribution < -0.4 is 11.1 Å². The Morgan fingerprint density at radius 2 is 1.77 bits per heavy atom. The van der Waals surface area contributed by atoms with E-state index in [0.29, 0.717) is 43.1 Å². The SMILES string of the molecule is COC(=O)C1CCC(C(=O)Nc2ccc(-n3c(-c4cccnc4N)nc4ccc(C(C)(C)C)cc43)cn2)CC1. The fraction of sp³-hybridized carbons (Fsp3) is 0.367. The molecule has 0 spiro atoms. The third kappa shape index (κ3) is 5.34. The fourth-order valence-corrected chi connectivity index (χ4v) is 5.17. The number of nitrogen functional groups attached to an aromatic ring is 1. The van der Waals surface area contributed by atoms with Crippen LogP contribution in [0.25, 0.3) is 28.1 Å². The van der Waals surface area contributed by atoms with Gasteiger partial charge in [0.05, 0.1) is 41.5 Å². The summed E-state index contributed by atoms with van der Waals surface area (Å²) in [7, 11) is 1.40. The lowest BCUT2D eigenvalue weighted by Crippen LogP contribution is -2.30. The molecule has 0 bridgehead atoms. The first-order chi connectivity index (χ1) is 18.7. The number of fused-ring (bicyclic) bond motifs is 1. The molecule has 1 aliphatic carbocycles. The third-order valence-electron chi connectivity index (χ3n) is 7.49. The van der Waals surface area contributed by atoms with Crippen LogP contribution in [0, 0.1) is 11.8 Å². The van der Waals surface area contributed by atoms with Crippen LogP contribution in [0.4, 0.5) is 11.6 Å². The highest BCUT2D eigenvalue weighted by Gasteiger charge is 2.30. The third-order valence-corrected chi connectivity index (χ3v) is 7.49. The standard InChI is InChI=1S/C30H34N6O3/c1-30(2,3)20-11-13-23-24(16-20)36(27(34-23)22-6-5-15-32-26(22)31)21-12-14-25(33-17-21)35-28(37)18-7-9-19(10-8-18)29(38)39-4/h5-6,11-19H,7-10H2,1-4H3,(H2,31,32)(H,33,35,37). The largest absolute Gasteiger partial charge is 0.469 e. The molecule has 0 saturated heterocycles. The van der Waals surface area contributed by atoms with E-state index in [4.69, 9.17) is 15.5 Å². The number of carbonyl (C=O) groups is 2. The lowest BCUT2D eigenvalue weighted by molar-refractivity contribution is -0.147. The Labute approximate surface area is 227 Å². The summed E-state index contributed by atoms with van der Waals surface area (Å²) < 4.78 is 6.88. The van der Waals surface area contributed by atoms with Gasteiger partial charge in [0.1, 0.15) is 17.5 Å². The molecule has 0 radical (unpaired) electrons. The molecule has 3 heterocycles. The van der Waals surface area contributed by atoms with Gasteiger partial charge in [0.15, 0.2) is 0 Å². The first-order valence-corrected chi connectivity index (χ1v) is 13.2. The lowest BCUT2D eigenvalue weighted by Gasteiger charge is -2.25. The number of benzene rings is 1. The number of amides is 1. The van der Waals surface area contributed by atoms with Gasteiger partial charge in [0.2, 0.25) is 5.91 Å². The maximum Gasteiger partial charge on any atom is 0.308 e. The Morgan fingerprint density at radius 3 is 2.41 bits per heavy atom. The van der Waals surface area contributed by atoms with Crippen molar-refractivity contribution in [3.63, 3.8) is 0 Å².